The number of ether oxygens (including phenoxy) is 2. The zero-order valence-electron chi connectivity index (χ0n) is 32.8. The van der Waals surface area contributed by atoms with Crippen LogP contribution in [0.15, 0.2) is 170 Å². The van der Waals surface area contributed by atoms with Crippen LogP contribution in [0.4, 0.5) is 0 Å². The highest BCUT2D eigenvalue weighted by molar-refractivity contribution is 7.44. The van der Waals surface area contributed by atoms with Gasteiger partial charge < -0.3 is 18.5 Å². The van der Waals surface area contributed by atoms with E-state index in [1.54, 1.807) is 0 Å². The fourth-order valence-electron chi connectivity index (χ4n) is 9.18. The number of nitrogens with zero attached hydrogens (tertiary/aromatic N) is 1. The van der Waals surface area contributed by atoms with Crippen molar-refractivity contribution in [2.75, 3.05) is 13.1 Å². The van der Waals surface area contributed by atoms with Crippen molar-refractivity contribution in [2.24, 2.45) is 0 Å². The predicted octanol–water partition coefficient (Wildman–Crippen LogP) is 12.6. The van der Waals surface area contributed by atoms with E-state index in [4.69, 9.17) is 18.5 Å². The molecule has 8 aromatic rings. The summed E-state index contributed by atoms with van der Waals surface area (Å²) in [5.41, 5.74) is 1.62. The van der Waals surface area contributed by atoms with E-state index >= 15 is 0 Å². The first-order valence-corrected chi connectivity index (χ1v) is 21.2. The Labute approximate surface area is 335 Å². The van der Waals surface area contributed by atoms with Crippen LogP contribution in [-0.4, -0.2) is 35.8 Å². The first kappa shape index (κ1) is 36.4. The molecule has 57 heavy (non-hydrogen) atoms. The van der Waals surface area contributed by atoms with Crippen molar-refractivity contribution in [1.29, 1.82) is 0 Å². The largest absolute Gasteiger partial charge is 0.341 e. The van der Waals surface area contributed by atoms with E-state index in [0.29, 0.717) is 0 Å². The summed E-state index contributed by atoms with van der Waals surface area (Å²) in [4.78, 5) is 0. The van der Waals surface area contributed by atoms with Crippen LogP contribution in [-0.2, 0) is 29.7 Å². The van der Waals surface area contributed by atoms with E-state index in [-0.39, 0.29) is 0 Å². The van der Waals surface area contributed by atoms with Gasteiger partial charge in [0.15, 0.2) is 17.0 Å². The molecule has 0 radical (unpaired) electrons. The van der Waals surface area contributed by atoms with Gasteiger partial charge >= 0.3 is 0 Å². The summed E-state index contributed by atoms with van der Waals surface area (Å²) in [5, 5.41) is 9.14. The Morgan fingerprint density at radius 1 is 0.421 bits per heavy atom. The Morgan fingerprint density at radius 2 is 0.702 bits per heavy atom. The van der Waals surface area contributed by atoms with Crippen LogP contribution in [0.25, 0.3) is 43.1 Å². The lowest BCUT2D eigenvalue weighted by atomic mass is 9.71. The fraction of sp³-hybridized carbons (Fsp3) is 0.216. The fourth-order valence-corrected chi connectivity index (χ4v) is 11.0. The molecule has 2 aliphatic heterocycles. The molecule has 6 heteroatoms. The van der Waals surface area contributed by atoms with E-state index in [2.05, 4.69) is 188 Å². The SMILES string of the molecule is CCN(CC)P1OC(c2ccc3ccccc3c2)(c2ccc3ccccc3c2)[C@@H]2OC(C)(C)O[C@H]2C(c2ccc3ccccc3c2)(c2ccc3ccccc3c2)O1. The van der Waals surface area contributed by atoms with Gasteiger partial charge in [-0.25, -0.2) is 4.67 Å². The molecule has 2 atom stereocenters. The van der Waals surface area contributed by atoms with Gasteiger partial charge in [-0.2, -0.15) is 0 Å². The topological polar surface area (TPSA) is 40.2 Å². The van der Waals surface area contributed by atoms with Gasteiger partial charge in [0.25, 0.3) is 8.53 Å². The van der Waals surface area contributed by atoms with Crippen LogP contribution in [0.1, 0.15) is 49.9 Å². The van der Waals surface area contributed by atoms with Gasteiger partial charge in [0, 0.05) is 13.1 Å². The molecule has 5 nitrogen and oxygen atoms in total. The van der Waals surface area contributed by atoms with Gasteiger partial charge in [0.2, 0.25) is 0 Å². The van der Waals surface area contributed by atoms with Gasteiger partial charge in [-0.3, -0.25) is 0 Å². The third-order valence-electron chi connectivity index (χ3n) is 12.0. The van der Waals surface area contributed by atoms with E-state index < -0.39 is 37.7 Å². The summed E-state index contributed by atoms with van der Waals surface area (Å²) >= 11 is 0. The third kappa shape index (κ3) is 6.00. The molecule has 0 saturated carbocycles. The minimum absolute atomic E-state index is 0.671. The maximum absolute atomic E-state index is 7.96. The molecule has 0 aromatic heterocycles. The van der Waals surface area contributed by atoms with Crippen LogP contribution in [0.2, 0.25) is 0 Å². The molecule has 2 aliphatic rings. The molecular weight excluding hydrogens is 722 g/mol. The lowest BCUT2D eigenvalue weighted by Crippen LogP contribution is -2.53. The smallest absolute Gasteiger partial charge is 0.261 e. The zero-order chi connectivity index (χ0) is 38.8. The maximum atomic E-state index is 7.96. The Morgan fingerprint density at radius 3 is 0.982 bits per heavy atom. The molecule has 284 valence electrons. The van der Waals surface area contributed by atoms with Gasteiger partial charge in [-0.15, -0.1) is 0 Å². The predicted molar refractivity (Wildman–Crippen MR) is 233 cm³/mol. The minimum Gasteiger partial charge on any atom is -0.341 e. The standard InChI is InChI=1S/C51H46NO4P/c1-5-52(6-2)57-55-50(43-27-23-35-15-7-11-19-39(35)31-43,44-28-24-36-16-8-12-20-40(36)32-44)47-48(54-49(3,4)53-47)51(56-57,45-29-25-37-17-9-13-21-41(37)33-45)46-30-26-38-18-10-14-22-42(38)34-46/h7-34,47-48H,5-6H2,1-4H3/t47-,48-/m1/s1. The average Bonchev–Trinajstić information content (AvgIpc) is 3.53. The molecule has 2 fully saturated rings. The molecule has 0 bridgehead atoms. The average molecular weight is 768 g/mol. The summed E-state index contributed by atoms with van der Waals surface area (Å²) in [7, 11) is -1.79. The summed E-state index contributed by atoms with van der Waals surface area (Å²) in [5.74, 6) is -0.991. The Bertz CT molecular complexity index is 2440. The second-order valence-electron chi connectivity index (χ2n) is 15.8. The van der Waals surface area contributed by atoms with E-state index in [1.165, 1.54) is 0 Å². The van der Waals surface area contributed by atoms with Gasteiger partial charge in [0.05, 0.1) is 0 Å². The van der Waals surface area contributed by atoms with Gasteiger partial charge in [-0.05, 0) is 103 Å². The maximum Gasteiger partial charge on any atom is 0.261 e. The molecule has 0 spiro atoms. The van der Waals surface area contributed by atoms with Crippen molar-refractivity contribution in [3.63, 3.8) is 0 Å². The first-order chi connectivity index (χ1) is 27.8. The van der Waals surface area contributed by atoms with Crippen molar-refractivity contribution in [2.45, 2.75) is 56.9 Å². The second-order valence-corrected chi connectivity index (χ2v) is 17.2. The van der Waals surface area contributed by atoms with Crippen molar-refractivity contribution < 1.29 is 18.5 Å². The Balaban J connectivity index is 1.34. The molecule has 0 unspecified atom stereocenters. The van der Waals surface area contributed by atoms with Crippen molar-refractivity contribution in [3.8, 4) is 0 Å². The van der Waals surface area contributed by atoms with Crippen LogP contribution in [0, 0.1) is 0 Å². The van der Waals surface area contributed by atoms with Crippen molar-refractivity contribution in [1.82, 2.24) is 4.67 Å². The summed E-state index contributed by atoms with van der Waals surface area (Å²) in [6.45, 7) is 9.85. The quantitative estimate of drug-likeness (QED) is 0.151. The summed E-state index contributed by atoms with van der Waals surface area (Å²) in [6.07, 6.45) is -1.34. The van der Waals surface area contributed by atoms with Gasteiger partial charge in [-0.1, -0.05) is 159 Å². The number of hydrogen-bond acceptors (Lipinski definition) is 5. The van der Waals surface area contributed by atoms with Crippen molar-refractivity contribution in [3.05, 3.63) is 192 Å². The molecule has 2 saturated heterocycles. The Kier molecular flexibility index (Phi) is 9.03. The molecule has 0 aliphatic carbocycles. The zero-order valence-corrected chi connectivity index (χ0v) is 33.7. The minimum atomic E-state index is -1.79. The van der Waals surface area contributed by atoms with Crippen LogP contribution in [0.5, 0.6) is 0 Å². The number of rotatable bonds is 7. The molecule has 2 heterocycles. The van der Waals surface area contributed by atoms with Crippen LogP contribution >= 0.6 is 8.53 Å². The van der Waals surface area contributed by atoms with E-state index in [1.807, 2.05) is 13.8 Å². The monoisotopic (exact) mass is 767 g/mol. The second kappa shape index (κ2) is 14.1. The highest BCUT2D eigenvalue weighted by Gasteiger charge is 2.67. The first-order valence-electron chi connectivity index (χ1n) is 20.1. The highest BCUT2D eigenvalue weighted by Crippen LogP contribution is 2.66. The molecule has 8 aromatic carbocycles. The van der Waals surface area contributed by atoms with Gasteiger partial charge in [0.1, 0.15) is 12.2 Å². The third-order valence-corrected chi connectivity index (χ3v) is 13.9. The lowest BCUT2D eigenvalue weighted by Gasteiger charge is -2.42. The highest BCUT2D eigenvalue weighted by atomic mass is 31.2. The van der Waals surface area contributed by atoms with Crippen LogP contribution < -0.4 is 0 Å². The molecule has 0 amide bonds. The molecule has 0 N–H and O–H groups in total. The van der Waals surface area contributed by atoms with E-state index in [9.17, 15) is 0 Å². The summed E-state index contributed by atoms with van der Waals surface area (Å²) in [6, 6.07) is 60.9. The number of fused-ring (bicyclic) bond motifs is 5. The normalized spacial score (nSPS) is 20.3. The number of benzene rings is 8. The van der Waals surface area contributed by atoms with Crippen LogP contribution in [0.3, 0.4) is 0 Å². The Hall–Kier alpha value is -4.97. The molecular formula is C51H46NO4P. The van der Waals surface area contributed by atoms with E-state index in [0.717, 1.165) is 78.4 Å². The molecule has 10 rings (SSSR count). The number of hydrogen-bond donors (Lipinski definition) is 0. The summed E-state index contributed by atoms with van der Waals surface area (Å²) < 4.78 is 33.1. The lowest BCUT2D eigenvalue weighted by molar-refractivity contribution is -0.175. The van der Waals surface area contributed by atoms with Crippen molar-refractivity contribution >= 4 is 51.6 Å².